The van der Waals surface area contributed by atoms with Crippen LogP contribution in [0.4, 0.5) is 0 Å². The number of carboxylic acids is 1. The second kappa shape index (κ2) is 26.9. The molecule has 0 bridgehead atoms. The Balaban J connectivity index is 1.91. The first kappa shape index (κ1) is 42.2. The standard InChI is InChI=1S/C42H60O8/c1-3-5-7-9-11-13-15-17-19-21-31-48-41(46)38(42(47)49-32-22-20-18-16-14-12-10-8-6-4-2)33-34-23-25-36(26-24-34)40(45)50-37-29-27-35(28-30-37)39(43)44/h23-30,33H,3-22,31-32H2,1-2H3,(H,43,44). The van der Waals surface area contributed by atoms with Crippen molar-refractivity contribution in [1.29, 1.82) is 0 Å². The van der Waals surface area contributed by atoms with Gasteiger partial charge in [-0.05, 0) is 60.9 Å². The quantitative estimate of drug-likeness (QED) is 0.0234. The molecular weight excluding hydrogens is 632 g/mol. The second-order valence-electron chi connectivity index (χ2n) is 13.0. The highest BCUT2D eigenvalue weighted by Crippen LogP contribution is 2.18. The SMILES string of the molecule is CCCCCCCCCCCCOC(=O)C(=Cc1ccc(C(=O)Oc2ccc(C(=O)O)cc2)cc1)C(=O)OCCCCCCCCCCCC. The molecule has 0 saturated carbocycles. The van der Waals surface area contributed by atoms with Crippen LogP contribution in [0.3, 0.4) is 0 Å². The van der Waals surface area contributed by atoms with E-state index in [2.05, 4.69) is 13.8 Å². The Hall–Kier alpha value is -3.94. The van der Waals surface area contributed by atoms with Crippen molar-refractivity contribution in [3.8, 4) is 5.75 Å². The van der Waals surface area contributed by atoms with Crippen LogP contribution in [0.25, 0.3) is 6.08 Å². The van der Waals surface area contributed by atoms with Crippen LogP contribution in [0.2, 0.25) is 0 Å². The van der Waals surface area contributed by atoms with E-state index in [4.69, 9.17) is 19.3 Å². The van der Waals surface area contributed by atoms with Gasteiger partial charge in [-0.1, -0.05) is 142 Å². The van der Waals surface area contributed by atoms with Crippen molar-refractivity contribution < 1.29 is 38.5 Å². The minimum absolute atomic E-state index is 0.0841. The summed E-state index contributed by atoms with van der Waals surface area (Å²) >= 11 is 0. The first-order chi connectivity index (χ1) is 24.3. The maximum atomic E-state index is 13.1. The predicted octanol–water partition coefficient (Wildman–Crippen LogP) is 10.9. The van der Waals surface area contributed by atoms with E-state index in [0.29, 0.717) is 5.56 Å². The lowest BCUT2D eigenvalue weighted by molar-refractivity contribution is -0.147. The van der Waals surface area contributed by atoms with Crippen LogP contribution in [-0.2, 0) is 19.1 Å². The number of ether oxygens (including phenoxy) is 3. The van der Waals surface area contributed by atoms with Crippen molar-refractivity contribution in [2.45, 2.75) is 142 Å². The smallest absolute Gasteiger partial charge is 0.345 e. The molecule has 0 aliphatic heterocycles. The molecule has 0 radical (unpaired) electrons. The van der Waals surface area contributed by atoms with Crippen LogP contribution in [0.5, 0.6) is 5.75 Å². The lowest BCUT2D eigenvalue weighted by atomic mass is 10.1. The highest BCUT2D eigenvalue weighted by atomic mass is 16.6. The molecule has 0 amide bonds. The van der Waals surface area contributed by atoms with Gasteiger partial charge in [0.25, 0.3) is 0 Å². The number of aromatic carboxylic acids is 1. The molecule has 2 aromatic rings. The van der Waals surface area contributed by atoms with Gasteiger partial charge in [-0.3, -0.25) is 0 Å². The highest BCUT2D eigenvalue weighted by molar-refractivity contribution is 6.17. The molecule has 0 aliphatic carbocycles. The van der Waals surface area contributed by atoms with Crippen molar-refractivity contribution in [3.63, 3.8) is 0 Å². The fourth-order valence-corrected chi connectivity index (χ4v) is 5.58. The van der Waals surface area contributed by atoms with E-state index in [0.717, 1.165) is 38.5 Å². The number of hydrogen-bond donors (Lipinski definition) is 1. The van der Waals surface area contributed by atoms with E-state index in [-0.39, 0.29) is 35.7 Å². The minimum atomic E-state index is -1.07. The summed E-state index contributed by atoms with van der Waals surface area (Å²) in [5, 5.41) is 9.05. The van der Waals surface area contributed by atoms with E-state index in [9.17, 15) is 19.2 Å². The topological polar surface area (TPSA) is 116 Å². The van der Waals surface area contributed by atoms with Gasteiger partial charge in [0.15, 0.2) is 0 Å². The Morgan fingerprint density at radius 3 is 1.30 bits per heavy atom. The summed E-state index contributed by atoms with van der Waals surface area (Å²) in [5.41, 5.74) is 0.672. The van der Waals surface area contributed by atoms with Crippen molar-refractivity contribution >= 4 is 30.0 Å². The summed E-state index contributed by atoms with van der Waals surface area (Å²) in [6.45, 7) is 4.91. The average molecular weight is 693 g/mol. The molecule has 0 atom stereocenters. The lowest BCUT2D eigenvalue weighted by Gasteiger charge is -2.10. The third kappa shape index (κ3) is 18.7. The Labute approximate surface area is 300 Å². The monoisotopic (exact) mass is 692 g/mol. The van der Waals surface area contributed by atoms with E-state index >= 15 is 0 Å². The Bertz CT molecular complexity index is 1240. The summed E-state index contributed by atoms with van der Waals surface area (Å²) in [5.74, 6) is -2.93. The molecule has 2 rings (SSSR count). The Morgan fingerprint density at radius 1 is 0.520 bits per heavy atom. The van der Waals surface area contributed by atoms with Gasteiger partial charge in [0.05, 0.1) is 24.3 Å². The van der Waals surface area contributed by atoms with Crippen LogP contribution in [0.1, 0.15) is 169 Å². The van der Waals surface area contributed by atoms with Crippen LogP contribution in [0.15, 0.2) is 54.1 Å². The maximum absolute atomic E-state index is 13.1. The normalized spacial score (nSPS) is 10.8. The predicted molar refractivity (Wildman–Crippen MR) is 198 cm³/mol. The highest BCUT2D eigenvalue weighted by Gasteiger charge is 2.22. The molecule has 2 aromatic carbocycles. The third-order valence-corrected chi connectivity index (χ3v) is 8.67. The minimum Gasteiger partial charge on any atom is -0.478 e. The van der Waals surface area contributed by atoms with E-state index < -0.39 is 23.9 Å². The number of esters is 3. The number of carbonyl (C=O) groups excluding carboxylic acids is 3. The van der Waals surface area contributed by atoms with E-state index in [1.807, 2.05) is 0 Å². The summed E-state index contributed by atoms with van der Waals surface area (Å²) < 4.78 is 16.4. The first-order valence-corrected chi connectivity index (χ1v) is 19.1. The summed E-state index contributed by atoms with van der Waals surface area (Å²) in [7, 11) is 0. The molecule has 0 saturated heterocycles. The molecule has 0 unspecified atom stereocenters. The molecule has 50 heavy (non-hydrogen) atoms. The zero-order valence-electron chi connectivity index (χ0n) is 30.6. The van der Waals surface area contributed by atoms with Gasteiger partial charge in [-0.15, -0.1) is 0 Å². The fraction of sp³-hybridized carbons (Fsp3) is 0.571. The molecule has 0 heterocycles. The van der Waals surface area contributed by atoms with Crippen molar-refractivity contribution in [3.05, 3.63) is 70.8 Å². The van der Waals surface area contributed by atoms with Gasteiger partial charge < -0.3 is 19.3 Å². The lowest BCUT2D eigenvalue weighted by Crippen LogP contribution is -2.19. The fourth-order valence-electron chi connectivity index (χ4n) is 5.58. The summed E-state index contributed by atoms with van der Waals surface area (Å²) in [6.07, 6.45) is 24.7. The maximum Gasteiger partial charge on any atom is 0.345 e. The van der Waals surface area contributed by atoms with Crippen LogP contribution in [-0.4, -0.2) is 42.2 Å². The molecule has 1 N–H and O–H groups in total. The van der Waals surface area contributed by atoms with Gasteiger partial charge in [0.2, 0.25) is 0 Å². The number of benzene rings is 2. The van der Waals surface area contributed by atoms with Gasteiger partial charge in [0, 0.05) is 0 Å². The third-order valence-electron chi connectivity index (χ3n) is 8.67. The largest absolute Gasteiger partial charge is 0.478 e. The zero-order chi connectivity index (χ0) is 36.2. The Kier molecular flexibility index (Phi) is 22.7. The van der Waals surface area contributed by atoms with Crippen molar-refractivity contribution in [1.82, 2.24) is 0 Å². The number of rotatable bonds is 28. The van der Waals surface area contributed by atoms with Crippen LogP contribution < -0.4 is 4.74 Å². The molecule has 8 heteroatoms. The van der Waals surface area contributed by atoms with Gasteiger partial charge in [-0.25, -0.2) is 19.2 Å². The van der Waals surface area contributed by atoms with Gasteiger partial charge >= 0.3 is 23.9 Å². The van der Waals surface area contributed by atoms with Gasteiger partial charge in [-0.2, -0.15) is 0 Å². The molecule has 8 nitrogen and oxygen atoms in total. The Morgan fingerprint density at radius 2 is 0.900 bits per heavy atom. The zero-order valence-corrected chi connectivity index (χ0v) is 30.6. The average Bonchev–Trinajstić information content (AvgIpc) is 3.12. The number of unbranched alkanes of at least 4 members (excludes halogenated alkanes) is 18. The van der Waals surface area contributed by atoms with Crippen LogP contribution in [0, 0.1) is 0 Å². The molecule has 0 spiro atoms. The van der Waals surface area contributed by atoms with Gasteiger partial charge in [0.1, 0.15) is 11.3 Å². The molecule has 0 aromatic heterocycles. The van der Waals surface area contributed by atoms with E-state index in [1.54, 1.807) is 12.1 Å². The first-order valence-electron chi connectivity index (χ1n) is 19.1. The molecule has 276 valence electrons. The molecule has 0 fully saturated rings. The summed E-state index contributed by atoms with van der Waals surface area (Å²) in [6, 6.07) is 11.8. The number of carbonyl (C=O) groups is 4. The number of carboxylic acid groups (broad SMARTS) is 1. The van der Waals surface area contributed by atoms with E-state index in [1.165, 1.54) is 132 Å². The van der Waals surface area contributed by atoms with Crippen molar-refractivity contribution in [2.24, 2.45) is 0 Å². The van der Waals surface area contributed by atoms with Crippen LogP contribution >= 0.6 is 0 Å². The second-order valence-corrected chi connectivity index (χ2v) is 13.0. The molecule has 0 aliphatic rings. The summed E-state index contributed by atoms with van der Waals surface area (Å²) in [4.78, 5) is 49.9. The number of hydrogen-bond acceptors (Lipinski definition) is 7. The molecular formula is C42H60O8. The van der Waals surface area contributed by atoms with Crippen molar-refractivity contribution in [2.75, 3.05) is 13.2 Å².